The number of nitrogens with zero attached hydrogens (tertiary/aromatic N) is 2. The Hall–Kier alpha value is -2.38. The van der Waals surface area contributed by atoms with Gasteiger partial charge in [-0.1, -0.05) is 23.7 Å². The van der Waals surface area contributed by atoms with E-state index in [2.05, 4.69) is 15.3 Å². The van der Waals surface area contributed by atoms with Crippen LogP contribution in [-0.2, 0) is 22.5 Å². The van der Waals surface area contributed by atoms with E-state index in [1.54, 1.807) is 19.1 Å². The molecule has 1 amide bonds. The molecule has 1 aromatic heterocycles. The molecule has 144 valence electrons. The molecule has 1 aliphatic rings. The molecule has 1 fully saturated rings. The van der Waals surface area contributed by atoms with Crippen LogP contribution in [0, 0.1) is 6.92 Å². The van der Waals surface area contributed by atoms with Gasteiger partial charge >= 0.3 is 0 Å². The molecule has 0 spiro atoms. The Morgan fingerprint density at radius 3 is 2.67 bits per heavy atom. The largest absolute Gasteiger partial charge is 0.378 e. The number of aromatic nitrogens is 2. The number of aromatic amines is 1. The van der Waals surface area contributed by atoms with Gasteiger partial charge in [0.2, 0.25) is 11.9 Å². The standard InChI is InChI=1S/C19H23ClN4O3/c1-13-16(18(26)23-19(22-13)24-8-10-27-11-9-24)6-7-17(25)21-12-14-2-4-15(20)5-3-14/h2-5H,6-12H2,1H3,(H,21,25)(H,22,23,26). The highest BCUT2D eigenvalue weighted by atomic mass is 35.5. The number of amides is 1. The normalized spacial score (nSPS) is 14.2. The third-order valence-electron chi connectivity index (χ3n) is 4.53. The number of halogens is 1. The van der Waals surface area contributed by atoms with E-state index in [1.807, 2.05) is 17.0 Å². The number of carbonyl (C=O) groups is 1. The lowest BCUT2D eigenvalue weighted by Crippen LogP contribution is -2.38. The highest BCUT2D eigenvalue weighted by Gasteiger charge is 2.16. The Kier molecular flexibility index (Phi) is 6.47. The van der Waals surface area contributed by atoms with Crippen LogP contribution in [0.4, 0.5) is 5.95 Å². The lowest BCUT2D eigenvalue weighted by atomic mass is 10.1. The van der Waals surface area contributed by atoms with Crippen molar-refractivity contribution in [3.05, 3.63) is 56.5 Å². The SMILES string of the molecule is Cc1nc(N2CCOCC2)[nH]c(=O)c1CCC(=O)NCc1ccc(Cl)cc1. The molecule has 0 unspecified atom stereocenters. The van der Waals surface area contributed by atoms with Crippen molar-refractivity contribution in [2.24, 2.45) is 0 Å². The zero-order valence-electron chi connectivity index (χ0n) is 15.3. The van der Waals surface area contributed by atoms with Gasteiger partial charge in [-0.2, -0.15) is 0 Å². The molecule has 2 aromatic rings. The Bertz CT molecular complexity index is 845. The molecular weight excluding hydrogens is 368 g/mol. The number of benzene rings is 1. The van der Waals surface area contributed by atoms with Crippen molar-refractivity contribution in [1.29, 1.82) is 0 Å². The minimum atomic E-state index is -0.186. The first-order valence-corrected chi connectivity index (χ1v) is 9.34. The second-order valence-electron chi connectivity index (χ2n) is 6.46. The molecule has 0 radical (unpaired) electrons. The number of hydrogen-bond acceptors (Lipinski definition) is 5. The van der Waals surface area contributed by atoms with E-state index in [-0.39, 0.29) is 17.9 Å². The Morgan fingerprint density at radius 1 is 1.30 bits per heavy atom. The smallest absolute Gasteiger partial charge is 0.255 e. The van der Waals surface area contributed by atoms with Crippen LogP contribution in [0.25, 0.3) is 0 Å². The van der Waals surface area contributed by atoms with Crippen molar-refractivity contribution in [2.45, 2.75) is 26.3 Å². The highest BCUT2D eigenvalue weighted by molar-refractivity contribution is 6.30. The van der Waals surface area contributed by atoms with E-state index in [4.69, 9.17) is 16.3 Å². The quantitative estimate of drug-likeness (QED) is 0.785. The molecule has 7 nitrogen and oxygen atoms in total. The van der Waals surface area contributed by atoms with Crippen LogP contribution in [-0.4, -0.2) is 42.2 Å². The second-order valence-corrected chi connectivity index (χ2v) is 6.89. The molecule has 2 heterocycles. The van der Waals surface area contributed by atoms with Crippen LogP contribution >= 0.6 is 11.6 Å². The van der Waals surface area contributed by atoms with Crippen molar-refractivity contribution < 1.29 is 9.53 Å². The number of hydrogen-bond donors (Lipinski definition) is 2. The maximum atomic E-state index is 12.4. The van der Waals surface area contributed by atoms with Crippen molar-refractivity contribution in [2.75, 3.05) is 31.2 Å². The van der Waals surface area contributed by atoms with E-state index in [9.17, 15) is 9.59 Å². The molecule has 2 N–H and O–H groups in total. The van der Waals surface area contributed by atoms with Crippen LogP contribution < -0.4 is 15.8 Å². The third kappa shape index (κ3) is 5.30. The second kappa shape index (κ2) is 9.01. The number of nitrogens with one attached hydrogen (secondary N) is 2. The summed E-state index contributed by atoms with van der Waals surface area (Å²) in [5, 5.41) is 3.51. The zero-order valence-corrected chi connectivity index (χ0v) is 16.0. The lowest BCUT2D eigenvalue weighted by molar-refractivity contribution is -0.121. The first-order valence-electron chi connectivity index (χ1n) is 8.96. The van der Waals surface area contributed by atoms with Gasteiger partial charge in [-0.15, -0.1) is 0 Å². The number of ether oxygens (including phenoxy) is 1. The number of aryl methyl sites for hydroxylation is 1. The van der Waals surface area contributed by atoms with Gasteiger partial charge in [0, 0.05) is 42.3 Å². The van der Waals surface area contributed by atoms with Gasteiger partial charge in [0.15, 0.2) is 0 Å². The summed E-state index contributed by atoms with van der Waals surface area (Å²) in [5.74, 6) is 0.456. The maximum Gasteiger partial charge on any atom is 0.255 e. The summed E-state index contributed by atoms with van der Waals surface area (Å²) in [7, 11) is 0. The molecule has 0 bridgehead atoms. The van der Waals surface area contributed by atoms with Crippen LogP contribution in [0.5, 0.6) is 0 Å². The van der Waals surface area contributed by atoms with Gasteiger partial charge in [0.1, 0.15) is 0 Å². The number of rotatable bonds is 6. The zero-order chi connectivity index (χ0) is 19.2. The molecule has 27 heavy (non-hydrogen) atoms. The summed E-state index contributed by atoms with van der Waals surface area (Å²) in [6.07, 6.45) is 0.583. The van der Waals surface area contributed by atoms with Crippen molar-refractivity contribution in [3.63, 3.8) is 0 Å². The van der Waals surface area contributed by atoms with E-state index in [1.165, 1.54) is 0 Å². The molecule has 0 saturated carbocycles. The molecule has 1 saturated heterocycles. The fourth-order valence-electron chi connectivity index (χ4n) is 2.94. The first-order chi connectivity index (χ1) is 13.0. The summed E-state index contributed by atoms with van der Waals surface area (Å²) in [5.41, 5.74) is 1.99. The summed E-state index contributed by atoms with van der Waals surface area (Å²) < 4.78 is 5.32. The third-order valence-corrected chi connectivity index (χ3v) is 4.78. The topological polar surface area (TPSA) is 87.3 Å². The van der Waals surface area contributed by atoms with Crippen LogP contribution in [0.3, 0.4) is 0 Å². The van der Waals surface area contributed by atoms with E-state index in [0.29, 0.717) is 61.5 Å². The summed E-state index contributed by atoms with van der Waals surface area (Å²) in [6, 6.07) is 7.30. The Balaban J connectivity index is 1.56. The van der Waals surface area contributed by atoms with Gasteiger partial charge in [0.25, 0.3) is 5.56 Å². The molecule has 8 heteroatoms. The van der Waals surface area contributed by atoms with E-state index >= 15 is 0 Å². The molecular formula is C19H23ClN4O3. The highest BCUT2D eigenvalue weighted by Crippen LogP contribution is 2.12. The monoisotopic (exact) mass is 390 g/mol. The average Bonchev–Trinajstić information content (AvgIpc) is 2.67. The molecule has 3 rings (SSSR count). The fourth-order valence-corrected chi connectivity index (χ4v) is 3.07. The predicted octanol–water partition coefficient (Wildman–Crippen LogP) is 1.82. The van der Waals surface area contributed by atoms with Gasteiger partial charge in [-0.25, -0.2) is 4.98 Å². The van der Waals surface area contributed by atoms with Crippen molar-refractivity contribution >= 4 is 23.5 Å². The minimum Gasteiger partial charge on any atom is -0.378 e. The number of carbonyl (C=O) groups excluding carboxylic acids is 1. The maximum absolute atomic E-state index is 12.4. The number of anilines is 1. The van der Waals surface area contributed by atoms with E-state index < -0.39 is 0 Å². The molecule has 0 aliphatic carbocycles. The van der Waals surface area contributed by atoms with Gasteiger partial charge < -0.3 is 15.0 Å². The predicted molar refractivity (Wildman–Crippen MR) is 104 cm³/mol. The lowest BCUT2D eigenvalue weighted by Gasteiger charge is -2.27. The van der Waals surface area contributed by atoms with Crippen molar-refractivity contribution in [1.82, 2.24) is 15.3 Å². The van der Waals surface area contributed by atoms with Gasteiger partial charge in [-0.3, -0.25) is 14.6 Å². The Labute approximate surface area is 162 Å². The molecule has 1 aromatic carbocycles. The van der Waals surface area contributed by atoms with Gasteiger partial charge in [-0.05, 0) is 31.0 Å². The summed E-state index contributed by atoms with van der Waals surface area (Å²) in [6.45, 7) is 4.89. The average molecular weight is 391 g/mol. The van der Waals surface area contributed by atoms with Gasteiger partial charge in [0.05, 0.1) is 13.2 Å². The number of morpholine rings is 1. The Morgan fingerprint density at radius 2 is 2.00 bits per heavy atom. The van der Waals surface area contributed by atoms with E-state index in [0.717, 1.165) is 5.56 Å². The minimum absolute atomic E-state index is 0.110. The van der Waals surface area contributed by atoms with Crippen LogP contribution in [0.15, 0.2) is 29.1 Å². The molecule has 1 aliphatic heterocycles. The first kappa shape index (κ1) is 19.4. The molecule has 0 atom stereocenters. The van der Waals surface area contributed by atoms with Crippen LogP contribution in [0.1, 0.15) is 23.2 Å². The summed E-state index contributed by atoms with van der Waals surface area (Å²) >= 11 is 5.85. The van der Waals surface area contributed by atoms with Crippen molar-refractivity contribution in [3.8, 4) is 0 Å². The summed E-state index contributed by atoms with van der Waals surface area (Å²) in [4.78, 5) is 33.9. The number of H-pyrrole nitrogens is 1. The van der Waals surface area contributed by atoms with Crippen LogP contribution in [0.2, 0.25) is 5.02 Å². The fraction of sp³-hybridized carbons (Fsp3) is 0.421.